The zero-order chi connectivity index (χ0) is 13.8. The van der Waals surface area contributed by atoms with Gasteiger partial charge < -0.3 is 10.4 Å². The van der Waals surface area contributed by atoms with E-state index >= 15 is 0 Å². The fourth-order valence-corrected chi connectivity index (χ4v) is 2.07. The molecule has 2 heteroatoms. The van der Waals surface area contributed by atoms with Crippen molar-refractivity contribution in [3.05, 3.63) is 34.9 Å². The van der Waals surface area contributed by atoms with Gasteiger partial charge in [-0.25, -0.2) is 0 Å². The second-order valence-electron chi connectivity index (χ2n) is 5.95. The summed E-state index contributed by atoms with van der Waals surface area (Å²) in [5.74, 6) is 0. The van der Waals surface area contributed by atoms with Crippen molar-refractivity contribution in [1.82, 2.24) is 5.32 Å². The van der Waals surface area contributed by atoms with Crippen LogP contribution in [0.4, 0.5) is 0 Å². The molecule has 1 aromatic rings. The quantitative estimate of drug-likeness (QED) is 0.812. The number of hydrogen-bond acceptors (Lipinski definition) is 2. The molecule has 0 spiro atoms. The van der Waals surface area contributed by atoms with E-state index in [1.54, 1.807) is 0 Å². The Hall–Kier alpha value is -0.860. The van der Waals surface area contributed by atoms with Crippen molar-refractivity contribution in [3.63, 3.8) is 0 Å². The van der Waals surface area contributed by atoms with Crippen LogP contribution in [0.2, 0.25) is 0 Å². The van der Waals surface area contributed by atoms with Crippen LogP contribution in [-0.2, 0) is 6.42 Å². The summed E-state index contributed by atoms with van der Waals surface area (Å²) >= 11 is 0. The monoisotopic (exact) mass is 249 g/mol. The third-order valence-corrected chi connectivity index (χ3v) is 3.37. The van der Waals surface area contributed by atoms with E-state index in [0.717, 1.165) is 13.0 Å². The molecule has 0 radical (unpaired) electrons. The van der Waals surface area contributed by atoms with E-state index in [2.05, 4.69) is 51.2 Å². The van der Waals surface area contributed by atoms with Gasteiger partial charge in [0.25, 0.3) is 0 Å². The molecule has 1 atom stereocenters. The Morgan fingerprint density at radius 1 is 1.22 bits per heavy atom. The van der Waals surface area contributed by atoms with Crippen molar-refractivity contribution in [2.24, 2.45) is 0 Å². The normalized spacial score (nSPS) is 14.8. The van der Waals surface area contributed by atoms with Crippen LogP contribution >= 0.6 is 0 Å². The summed E-state index contributed by atoms with van der Waals surface area (Å²) in [6, 6.07) is 6.90. The fraction of sp³-hybridized carbons (Fsp3) is 0.625. The van der Waals surface area contributed by atoms with E-state index in [9.17, 15) is 5.11 Å². The summed E-state index contributed by atoms with van der Waals surface area (Å²) in [6.45, 7) is 11.3. The van der Waals surface area contributed by atoms with Crippen LogP contribution < -0.4 is 5.32 Å². The first-order chi connectivity index (χ1) is 8.30. The van der Waals surface area contributed by atoms with Crippen LogP contribution in [0, 0.1) is 13.8 Å². The Labute approximate surface area is 111 Å². The molecule has 0 saturated heterocycles. The Bertz CT molecular complexity index is 383. The van der Waals surface area contributed by atoms with Gasteiger partial charge in [0.1, 0.15) is 0 Å². The van der Waals surface area contributed by atoms with Gasteiger partial charge in [0.2, 0.25) is 0 Å². The highest BCUT2D eigenvalue weighted by molar-refractivity contribution is 5.30. The number of rotatable bonds is 6. The minimum Gasteiger partial charge on any atom is -0.390 e. The topological polar surface area (TPSA) is 32.3 Å². The maximum atomic E-state index is 10.4. The number of aliphatic hydroxyl groups is 1. The Morgan fingerprint density at radius 2 is 1.89 bits per heavy atom. The molecule has 0 aliphatic carbocycles. The average molecular weight is 249 g/mol. The van der Waals surface area contributed by atoms with Gasteiger partial charge in [-0.2, -0.15) is 0 Å². The molecular formula is C16H27NO. The summed E-state index contributed by atoms with van der Waals surface area (Å²) in [7, 11) is 0. The van der Waals surface area contributed by atoms with Gasteiger partial charge in [-0.05, 0) is 50.4 Å². The Kier molecular flexibility index (Phi) is 5.36. The van der Waals surface area contributed by atoms with E-state index in [0.29, 0.717) is 12.5 Å². The van der Waals surface area contributed by atoms with Gasteiger partial charge in [-0.15, -0.1) is 0 Å². The molecule has 102 valence electrons. The van der Waals surface area contributed by atoms with Crippen LogP contribution in [-0.4, -0.2) is 23.3 Å². The molecule has 0 amide bonds. The van der Waals surface area contributed by atoms with Gasteiger partial charge in [0.15, 0.2) is 0 Å². The summed E-state index contributed by atoms with van der Waals surface area (Å²) in [5.41, 5.74) is 3.18. The molecule has 2 N–H and O–H groups in total. The number of aryl methyl sites for hydroxylation is 2. The lowest BCUT2D eigenvalue weighted by molar-refractivity contribution is 0.0511. The lowest BCUT2D eigenvalue weighted by atomic mass is 9.91. The zero-order valence-electron chi connectivity index (χ0n) is 12.4. The van der Waals surface area contributed by atoms with Crippen LogP contribution in [0.1, 0.15) is 43.9 Å². The van der Waals surface area contributed by atoms with E-state index in [1.165, 1.54) is 16.7 Å². The summed E-state index contributed by atoms with van der Waals surface area (Å²) < 4.78 is 0. The van der Waals surface area contributed by atoms with E-state index in [4.69, 9.17) is 0 Å². The van der Waals surface area contributed by atoms with Crippen LogP contribution in [0.3, 0.4) is 0 Å². The van der Waals surface area contributed by atoms with Gasteiger partial charge in [0, 0.05) is 12.5 Å². The summed E-state index contributed by atoms with van der Waals surface area (Å²) in [4.78, 5) is 0. The fourth-order valence-electron chi connectivity index (χ4n) is 2.07. The van der Waals surface area contributed by atoms with Gasteiger partial charge >= 0.3 is 0 Å². The highest BCUT2D eigenvalue weighted by atomic mass is 16.3. The third kappa shape index (κ3) is 5.19. The van der Waals surface area contributed by atoms with Crippen molar-refractivity contribution >= 4 is 0 Å². The molecule has 18 heavy (non-hydrogen) atoms. The third-order valence-electron chi connectivity index (χ3n) is 3.37. The minimum atomic E-state index is -0.635. The molecule has 1 rings (SSSR count). The highest BCUT2D eigenvalue weighted by Crippen LogP contribution is 2.19. The number of hydrogen-bond donors (Lipinski definition) is 2. The van der Waals surface area contributed by atoms with Crippen LogP contribution in [0.5, 0.6) is 0 Å². The van der Waals surface area contributed by atoms with Crippen LogP contribution in [0.15, 0.2) is 18.2 Å². The molecular weight excluding hydrogens is 222 g/mol. The number of benzene rings is 1. The van der Waals surface area contributed by atoms with Gasteiger partial charge in [0.05, 0.1) is 5.60 Å². The first kappa shape index (κ1) is 15.2. The maximum Gasteiger partial charge on any atom is 0.0672 e. The van der Waals surface area contributed by atoms with E-state index < -0.39 is 5.60 Å². The SMILES string of the molecule is Cc1ccc(CC(C)(O)CCNC(C)C)cc1C. The standard InChI is InChI=1S/C16H27NO/c1-12(2)17-9-8-16(5,18)11-15-7-6-13(3)14(4)10-15/h6-7,10,12,17-18H,8-9,11H2,1-5H3. The average Bonchev–Trinajstić information content (AvgIpc) is 2.22. The van der Waals surface area contributed by atoms with E-state index in [-0.39, 0.29) is 0 Å². The second-order valence-corrected chi connectivity index (χ2v) is 5.95. The molecule has 0 bridgehead atoms. The summed E-state index contributed by atoms with van der Waals surface area (Å²) in [6.07, 6.45) is 1.49. The first-order valence-corrected chi connectivity index (χ1v) is 6.82. The molecule has 2 nitrogen and oxygen atoms in total. The van der Waals surface area contributed by atoms with Crippen molar-refractivity contribution in [2.75, 3.05) is 6.54 Å². The van der Waals surface area contributed by atoms with Gasteiger partial charge in [-0.1, -0.05) is 32.0 Å². The molecule has 1 aromatic carbocycles. The molecule has 0 aromatic heterocycles. The molecule has 0 aliphatic heterocycles. The Morgan fingerprint density at radius 3 is 2.44 bits per heavy atom. The van der Waals surface area contributed by atoms with E-state index in [1.807, 2.05) is 6.92 Å². The van der Waals surface area contributed by atoms with Crippen molar-refractivity contribution in [2.45, 2.75) is 59.1 Å². The predicted octanol–water partition coefficient (Wildman–Crippen LogP) is 2.99. The Balaban J connectivity index is 2.55. The molecule has 1 unspecified atom stereocenters. The maximum absolute atomic E-state index is 10.4. The van der Waals surface area contributed by atoms with Crippen molar-refractivity contribution in [3.8, 4) is 0 Å². The zero-order valence-corrected chi connectivity index (χ0v) is 12.4. The molecule has 0 saturated carbocycles. The predicted molar refractivity (Wildman–Crippen MR) is 78.0 cm³/mol. The summed E-state index contributed by atoms with van der Waals surface area (Å²) in [5, 5.41) is 13.7. The largest absolute Gasteiger partial charge is 0.390 e. The lowest BCUT2D eigenvalue weighted by Gasteiger charge is -2.24. The van der Waals surface area contributed by atoms with Crippen molar-refractivity contribution in [1.29, 1.82) is 0 Å². The lowest BCUT2D eigenvalue weighted by Crippen LogP contribution is -2.34. The second kappa shape index (κ2) is 6.35. The highest BCUT2D eigenvalue weighted by Gasteiger charge is 2.20. The first-order valence-electron chi connectivity index (χ1n) is 6.82. The van der Waals surface area contributed by atoms with Crippen molar-refractivity contribution < 1.29 is 5.11 Å². The molecule has 0 heterocycles. The molecule has 0 aliphatic rings. The van der Waals surface area contributed by atoms with Crippen LogP contribution in [0.25, 0.3) is 0 Å². The molecule has 0 fully saturated rings. The van der Waals surface area contributed by atoms with Gasteiger partial charge in [-0.3, -0.25) is 0 Å². The smallest absolute Gasteiger partial charge is 0.0672 e. The minimum absolute atomic E-state index is 0.474. The number of nitrogens with one attached hydrogen (secondary N) is 1.